The summed E-state index contributed by atoms with van der Waals surface area (Å²) in [5.41, 5.74) is 5.75. The van der Waals surface area contributed by atoms with Crippen LogP contribution in [0, 0.1) is 0 Å². The Hall–Kier alpha value is -1.56. The first kappa shape index (κ1) is 10.9. The molecule has 0 aliphatic carbocycles. The summed E-state index contributed by atoms with van der Waals surface area (Å²) in [5.74, 6) is 0.219. The molecule has 0 radical (unpaired) electrons. The quantitative estimate of drug-likeness (QED) is 0.715. The first-order valence-electron chi connectivity index (χ1n) is 5.22. The van der Waals surface area contributed by atoms with Crippen molar-refractivity contribution >= 4 is 11.7 Å². The topological polar surface area (TPSA) is 84.2 Å². The molecule has 1 aromatic rings. The zero-order chi connectivity index (χ0) is 11.8. The number of aromatic amines is 1. The van der Waals surface area contributed by atoms with Gasteiger partial charge in [0.05, 0.1) is 18.4 Å². The molecule has 0 spiro atoms. The van der Waals surface area contributed by atoms with Crippen molar-refractivity contribution in [2.24, 2.45) is 0 Å². The summed E-state index contributed by atoms with van der Waals surface area (Å²) in [6.07, 6.45) is 1.46. The van der Waals surface area contributed by atoms with E-state index in [0.717, 1.165) is 0 Å². The van der Waals surface area contributed by atoms with Gasteiger partial charge in [-0.15, -0.1) is 0 Å². The van der Waals surface area contributed by atoms with E-state index in [1.165, 1.54) is 6.20 Å². The lowest BCUT2D eigenvalue weighted by atomic mass is 10.1. The van der Waals surface area contributed by atoms with E-state index in [9.17, 15) is 4.79 Å². The van der Waals surface area contributed by atoms with Gasteiger partial charge in [-0.05, 0) is 13.8 Å². The smallest absolute Gasteiger partial charge is 0.259 e. The third-order valence-corrected chi connectivity index (χ3v) is 2.61. The van der Waals surface area contributed by atoms with Gasteiger partial charge in [0.2, 0.25) is 0 Å². The van der Waals surface area contributed by atoms with Gasteiger partial charge < -0.3 is 15.4 Å². The molecule has 88 valence electrons. The van der Waals surface area contributed by atoms with Gasteiger partial charge in [0.1, 0.15) is 11.4 Å². The van der Waals surface area contributed by atoms with Crippen molar-refractivity contribution in [3.63, 3.8) is 0 Å². The number of hydrogen-bond donors (Lipinski definition) is 2. The number of hydrogen-bond acceptors (Lipinski definition) is 4. The number of morpholine rings is 1. The normalized spacial score (nSPS) is 19.8. The summed E-state index contributed by atoms with van der Waals surface area (Å²) in [6.45, 7) is 5.64. The van der Waals surface area contributed by atoms with Crippen molar-refractivity contribution < 1.29 is 9.53 Å². The van der Waals surface area contributed by atoms with E-state index >= 15 is 0 Å². The second-order valence-electron chi connectivity index (χ2n) is 4.53. The average molecular weight is 224 g/mol. The SMILES string of the molecule is CC1(C)CN(C(=O)c2cn[nH]c2N)CCO1. The summed E-state index contributed by atoms with van der Waals surface area (Å²) in [6, 6.07) is 0. The Bertz CT molecular complexity index is 399. The van der Waals surface area contributed by atoms with Gasteiger partial charge in [-0.3, -0.25) is 9.89 Å². The number of carbonyl (C=O) groups is 1. The predicted molar refractivity (Wildman–Crippen MR) is 58.9 cm³/mol. The van der Waals surface area contributed by atoms with Crippen LogP contribution >= 0.6 is 0 Å². The van der Waals surface area contributed by atoms with E-state index in [-0.39, 0.29) is 11.5 Å². The van der Waals surface area contributed by atoms with Crippen LogP contribution in [-0.4, -0.2) is 46.3 Å². The maximum atomic E-state index is 12.1. The minimum absolute atomic E-state index is 0.0948. The number of nitrogens with one attached hydrogen (secondary N) is 1. The molecule has 2 heterocycles. The van der Waals surface area contributed by atoms with Gasteiger partial charge in [0.15, 0.2) is 0 Å². The Morgan fingerprint density at radius 3 is 3.00 bits per heavy atom. The van der Waals surface area contributed by atoms with E-state index in [1.807, 2.05) is 13.8 Å². The average Bonchev–Trinajstić information content (AvgIpc) is 2.62. The number of nitrogens with zero attached hydrogens (tertiary/aromatic N) is 2. The van der Waals surface area contributed by atoms with Gasteiger partial charge in [-0.25, -0.2) is 0 Å². The highest BCUT2D eigenvalue weighted by atomic mass is 16.5. The van der Waals surface area contributed by atoms with Crippen molar-refractivity contribution in [1.82, 2.24) is 15.1 Å². The molecule has 1 saturated heterocycles. The number of aromatic nitrogens is 2. The summed E-state index contributed by atoms with van der Waals surface area (Å²) < 4.78 is 5.54. The molecule has 1 amide bonds. The molecule has 0 atom stereocenters. The zero-order valence-corrected chi connectivity index (χ0v) is 9.49. The molecule has 3 N–H and O–H groups in total. The number of nitrogens with two attached hydrogens (primary N) is 1. The number of rotatable bonds is 1. The van der Waals surface area contributed by atoms with Crippen molar-refractivity contribution in [2.75, 3.05) is 25.4 Å². The van der Waals surface area contributed by atoms with Crippen LogP contribution in [0.5, 0.6) is 0 Å². The standard InChI is InChI=1S/C10H16N4O2/c1-10(2)6-14(3-4-16-10)9(15)7-5-12-13-8(7)11/h5H,3-4,6H2,1-2H3,(H3,11,12,13). The van der Waals surface area contributed by atoms with Crippen LogP contribution in [0.2, 0.25) is 0 Å². The molecule has 16 heavy (non-hydrogen) atoms. The van der Waals surface area contributed by atoms with E-state index in [1.54, 1.807) is 4.90 Å². The molecule has 0 saturated carbocycles. The molecule has 0 bridgehead atoms. The van der Waals surface area contributed by atoms with Crippen molar-refractivity contribution in [3.05, 3.63) is 11.8 Å². The molecular weight excluding hydrogens is 208 g/mol. The van der Waals surface area contributed by atoms with Gasteiger partial charge in [-0.1, -0.05) is 0 Å². The maximum absolute atomic E-state index is 12.1. The third-order valence-electron chi connectivity index (χ3n) is 2.61. The minimum Gasteiger partial charge on any atom is -0.383 e. The summed E-state index contributed by atoms with van der Waals surface area (Å²) in [5, 5.41) is 6.30. The Kier molecular flexibility index (Phi) is 2.59. The summed E-state index contributed by atoms with van der Waals surface area (Å²) in [7, 11) is 0. The van der Waals surface area contributed by atoms with Crippen LogP contribution < -0.4 is 5.73 Å². The minimum atomic E-state index is -0.299. The van der Waals surface area contributed by atoms with Crippen LogP contribution in [0.1, 0.15) is 24.2 Å². The molecule has 6 heteroatoms. The first-order chi connectivity index (χ1) is 7.49. The van der Waals surface area contributed by atoms with Crippen LogP contribution in [0.15, 0.2) is 6.20 Å². The first-order valence-corrected chi connectivity index (χ1v) is 5.22. The number of anilines is 1. The number of nitrogen functional groups attached to an aromatic ring is 1. The van der Waals surface area contributed by atoms with Gasteiger partial charge >= 0.3 is 0 Å². The Morgan fingerprint density at radius 2 is 2.44 bits per heavy atom. The summed E-state index contributed by atoms with van der Waals surface area (Å²) in [4.78, 5) is 13.8. The van der Waals surface area contributed by atoms with E-state index in [2.05, 4.69) is 10.2 Å². The lowest BCUT2D eigenvalue weighted by Gasteiger charge is -2.38. The number of H-pyrrole nitrogens is 1. The number of ether oxygens (including phenoxy) is 1. The molecular formula is C10H16N4O2. The second-order valence-corrected chi connectivity index (χ2v) is 4.53. The maximum Gasteiger partial charge on any atom is 0.259 e. The van der Waals surface area contributed by atoms with Crippen molar-refractivity contribution in [1.29, 1.82) is 0 Å². The molecule has 2 rings (SSSR count). The monoisotopic (exact) mass is 224 g/mol. The molecule has 0 unspecified atom stereocenters. The molecule has 1 aliphatic heterocycles. The Balaban J connectivity index is 2.14. The van der Waals surface area contributed by atoms with E-state index < -0.39 is 0 Å². The number of amides is 1. The van der Waals surface area contributed by atoms with Gasteiger partial charge in [-0.2, -0.15) is 5.10 Å². The largest absolute Gasteiger partial charge is 0.383 e. The highest BCUT2D eigenvalue weighted by Gasteiger charge is 2.31. The predicted octanol–water partition coefficient (Wildman–Crippen LogP) is 0.243. The van der Waals surface area contributed by atoms with Gasteiger partial charge in [0, 0.05) is 13.1 Å². The molecule has 6 nitrogen and oxygen atoms in total. The van der Waals surface area contributed by atoms with E-state index in [0.29, 0.717) is 31.1 Å². The Morgan fingerprint density at radius 1 is 1.69 bits per heavy atom. The van der Waals surface area contributed by atoms with Crippen molar-refractivity contribution in [2.45, 2.75) is 19.4 Å². The third kappa shape index (κ3) is 2.01. The van der Waals surface area contributed by atoms with Crippen LogP contribution in [0.25, 0.3) is 0 Å². The fourth-order valence-electron chi connectivity index (χ4n) is 1.83. The van der Waals surface area contributed by atoms with Crippen molar-refractivity contribution in [3.8, 4) is 0 Å². The van der Waals surface area contributed by atoms with Crippen LogP contribution in [-0.2, 0) is 4.74 Å². The molecule has 1 aromatic heterocycles. The molecule has 1 aliphatic rings. The fourth-order valence-corrected chi connectivity index (χ4v) is 1.83. The fraction of sp³-hybridized carbons (Fsp3) is 0.600. The highest BCUT2D eigenvalue weighted by Crippen LogP contribution is 2.19. The molecule has 0 aromatic carbocycles. The lowest BCUT2D eigenvalue weighted by molar-refractivity contribution is -0.0763. The highest BCUT2D eigenvalue weighted by molar-refractivity contribution is 5.98. The van der Waals surface area contributed by atoms with E-state index in [4.69, 9.17) is 10.5 Å². The number of carbonyl (C=O) groups excluding carboxylic acids is 1. The zero-order valence-electron chi connectivity index (χ0n) is 9.49. The molecule has 1 fully saturated rings. The lowest BCUT2D eigenvalue weighted by Crippen LogP contribution is -2.50. The second kappa shape index (κ2) is 3.79. The Labute approximate surface area is 93.8 Å². The van der Waals surface area contributed by atoms with Gasteiger partial charge in [0.25, 0.3) is 5.91 Å². The summed E-state index contributed by atoms with van der Waals surface area (Å²) >= 11 is 0. The van der Waals surface area contributed by atoms with Crippen LogP contribution in [0.4, 0.5) is 5.82 Å². The van der Waals surface area contributed by atoms with Crippen LogP contribution in [0.3, 0.4) is 0 Å².